The standard InChI is InChI=1S/C13H21N3O/c1-9(14)11-3-5-15-13(7-11)16-6-4-12(8-16)10(2)17/h3,5,7,9-10,12,17H,4,6,8,14H2,1-2H3/t9-,10?,12?/m0/s1. The van der Waals surface area contributed by atoms with Gasteiger partial charge in [-0.25, -0.2) is 4.98 Å². The number of anilines is 1. The highest BCUT2D eigenvalue weighted by atomic mass is 16.3. The lowest BCUT2D eigenvalue weighted by Crippen LogP contribution is -2.24. The summed E-state index contributed by atoms with van der Waals surface area (Å²) in [4.78, 5) is 6.61. The van der Waals surface area contributed by atoms with Crippen LogP contribution in [-0.4, -0.2) is 29.3 Å². The smallest absolute Gasteiger partial charge is 0.128 e. The molecule has 2 heterocycles. The third-order valence-electron chi connectivity index (χ3n) is 3.53. The number of nitrogens with zero attached hydrogens (tertiary/aromatic N) is 2. The highest BCUT2D eigenvalue weighted by molar-refractivity contribution is 5.42. The summed E-state index contributed by atoms with van der Waals surface area (Å²) in [6, 6.07) is 4.04. The number of hydrogen-bond donors (Lipinski definition) is 2. The zero-order valence-corrected chi connectivity index (χ0v) is 10.5. The Hall–Kier alpha value is -1.13. The average Bonchev–Trinajstić information content (AvgIpc) is 2.78. The van der Waals surface area contributed by atoms with Crippen LogP contribution in [0.1, 0.15) is 31.9 Å². The summed E-state index contributed by atoms with van der Waals surface area (Å²) in [5.41, 5.74) is 6.98. The maximum Gasteiger partial charge on any atom is 0.128 e. The molecule has 94 valence electrons. The van der Waals surface area contributed by atoms with E-state index in [2.05, 4.69) is 16.0 Å². The molecule has 0 amide bonds. The van der Waals surface area contributed by atoms with Crippen molar-refractivity contribution in [2.24, 2.45) is 11.7 Å². The molecule has 1 aliphatic rings. The van der Waals surface area contributed by atoms with Crippen molar-refractivity contribution in [1.29, 1.82) is 0 Å². The van der Waals surface area contributed by atoms with Gasteiger partial charge in [-0.3, -0.25) is 0 Å². The van der Waals surface area contributed by atoms with Crippen LogP contribution in [0.5, 0.6) is 0 Å². The highest BCUT2D eigenvalue weighted by Gasteiger charge is 2.26. The Balaban J connectivity index is 2.11. The van der Waals surface area contributed by atoms with E-state index in [1.54, 1.807) is 0 Å². The second-order valence-electron chi connectivity index (χ2n) is 4.97. The van der Waals surface area contributed by atoms with Crippen molar-refractivity contribution < 1.29 is 5.11 Å². The monoisotopic (exact) mass is 235 g/mol. The molecule has 1 aromatic heterocycles. The molecule has 4 nitrogen and oxygen atoms in total. The fourth-order valence-electron chi connectivity index (χ4n) is 2.28. The molecule has 1 fully saturated rings. The van der Waals surface area contributed by atoms with E-state index >= 15 is 0 Å². The third-order valence-corrected chi connectivity index (χ3v) is 3.53. The fourth-order valence-corrected chi connectivity index (χ4v) is 2.28. The van der Waals surface area contributed by atoms with E-state index < -0.39 is 0 Å². The van der Waals surface area contributed by atoms with E-state index in [1.807, 2.05) is 26.1 Å². The number of aliphatic hydroxyl groups is 1. The number of aromatic nitrogens is 1. The molecule has 3 N–H and O–H groups in total. The number of aliphatic hydroxyl groups excluding tert-OH is 1. The van der Waals surface area contributed by atoms with E-state index in [1.165, 1.54) is 0 Å². The maximum absolute atomic E-state index is 9.59. The number of rotatable bonds is 3. The first-order valence-corrected chi connectivity index (χ1v) is 6.22. The SMILES string of the molecule is CC(O)C1CCN(c2cc([C@H](C)N)ccn2)C1. The van der Waals surface area contributed by atoms with Gasteiger partial charge in [0.15, 0.2) is 0 Å². The lowest BCUT2D eigenvalue weighted by molar-refractivity contribution is 0.136. The summed E-state index contributed by atoms with van der Waals surface area (Å²) in [6.45, 7) is 5.68. The van der Waals surface area contributed by atoms with Gasteiger partial charge in [-0.15, -0.1) is 0 Å². The molecule has 3 atom stereocenters. The van der Waals surface area contributed by atoms with Gasteiger partial charge in [-0.1, -0.05) is 0 Å². The molecule has 0 saturated carbocycles. The van der Waals surface area contributed by atoms with Gasteiger partial charge >= 0.3 is 0 Å². The predicted octanol–water partition coefficient (Wildman–Crippen LogP) is 1.31. The summed E-state index contributed by atoms with van der Waals surface area (Å²) >= 11 is 0. The van der Waals surface area contributed by atoms with Crippen molar-refractivity contribution in [3.8, 4) is 0 Å². The van der Waals surface area contributed by atoms with Crippen LogP contribution >= 0.6 is 0 Å². The summed E-state index contributed by atoms with van der Waals surface area (Å²) in [5, 5.41) is 9.59. The minimum atomic E-state index is -0.239. The predicted molar refractivity (Wildman–Crippen MR) is 68.8 cm³/mol. The normalized spacial score (nSPS) is 23.8. The van der Waals surface area contributed by atoms with Gasteiger partial charge in [0, 0.05) is 31.2 Å². The van der Waals surface area contributed by atoms with Crippen molar-refractivity contribution in [1.82, 2.24) is 4.98 Å². The first kappa shape index (κ1) is 12.3. The first-order chi connectivity index (χ1) is 8.08. The van der Waals surface area contributed by atoms with Crippen LogP contribution < -0.4 is 10.6 Å². The van der Waals surface area contributed by atoms with Crippen LogP contribution in [-0.2, 0) is 0 Å². The molecule has 2 unspecified atom stereocenters. The topological polar surface area (TPSA) is 62.4 Å². The summed E-state index contributed by atoms with van der Waals surface area (Å²) in [5.74, 6) is 1.33. The van der Waals surface area contributed by atoms with Crippen molar-refractivity contribution in [2.75, 3.05) is 18.0 Å². The van der Waals surface area contributed by atoms with E-state index in [-0.39, 0.29) is 12.1 Å². The molecule has 2 rings (SSSR count). The van der Waals surface area contributed by atoms with Gasteiger partial charge in [0.1, 0.15) is 5.82 Å². The van der Waals surface area contributed by atoms with E-state index in [0.717, 1.165) is 30.9 Å². The van der Waals surface area contributed by atoms with Gasteiger partial charge in [0.2, 0.25) is 0 Å². The van der Waals surface area contributed by atoms with E-state index in [9.17, 15) is 5.11 Å². The molecule has 17 heavy (non-hydrogen) atoms. The average molecular weight is 235 g/mol. The molecule has 1 aliphatic heterocycles. The van der Waals surface area contributed by atoms with Crippen LogP contribution in [0.4, 0.5) is 5.82 Å². The summed E-state index contributed by atoms with van der Waals surface area (Å²) < 4.78 is 0. The molecule has 0 aliphatic carbocycles. The second-order valence-corrected chi connectivity index (χ2v) is 4.97. The molecule has 0 aromatic carbocycles. The number of pyridine rings is 1. The molecular weight excluding hydrogens is 214 g/mol. The Morgan fingerprint density at radius 1 is 1.53 bits per heavy atom. The van der Waals surface area contributed by atoms with Crippen LogP contribution in [0, 0.1) is 5.92 Å². The largest absolute Gasteiger partial charge is 0.393 e. The minimum Gasteiger partial charge on any atom is -0.393 e. The van der Waals surface area contributed by atoms with Crippen molar-refractivity contribution in [3.05, 3.63) is 23.9 Å². The third kappa shape index (κ3) is 2.76. The Morgan fingerprint density at radius 2 is 2.29 bits per heavy atom. The van der Waals surface area contributed by atoms with Crippen LogP contribution in [0.15, 0.2) is 18.3 Å². The molecule has 1 saturated heterocycles. The Morgan fingerprint density at radius 3 is 2.88 bits per heavy atom. The summed E-state index contributed by atoms with van der Waals surface area (Å²) in [7, 11) is 0. The zero-order chi connectivity index (χ0) is 12.4. The van der Waals surface area contributed by atoms with Crippen molar-refractivity contribution >= 4 is 5.82 Å². The van der Waals surface area contributed by atoms with E-state index in [0.29, 0.717) is 5.92 Å². The van der Waals surface area contributed by atoms with Gasteiger partial charge in [-0.2, -0.15) is 0 Å². The Bertz CT molecular complexity index is 379. The van der Waals surface area contributed by atoms with Crippen molar-refractivity contribution in [2.45, 2.75) is 32.4 Å². The van der Waals surface area contributed by atoms with E-state index in [4.69, 9.17) is 5.73 Å². The van der Waals surface area contributed by atoms with Crippen LogP contribution in [0.3, 0.4) is 0 Å². The molecule has 0 radical (unpaired) electrons. The Labute approximate surface area is 102 Å². The zero-order valence-electron chi connectivity index (χ0n) is 10.5. The van der Waals surface area contributed by atoms with Gasteiger partial charge in [-0.05, 0) is 38.0 Å². The first-order valence-electron chi connectivity index (χ1n) is 6.22. The second kappa shape index (κ2) is 5.02. The highest BCUT2D eigenvalue weighted by Crippen LogP contribution is 2.25. The fraction of sp³-hybridized carbons (Fsp3) is 0.615. The number of nitrogens with two attached hydrogens (primary N) is 1. The Kier molecular flexibility index (Phi) is 3.64. The quantitative estimate of drug-likeness (QED) is 0.829. The van der Waals surface area contributed by atoms with Gasteiger partial charge in [0.05, 0.1) is 6.10 Å². The lowest BCUT2D eigenvalue weighted by Gasteiger charge is -2.19. The van der Waals surface area contributed by atoms with Gasteiger partial charge in [0.25, 0.3) is 0 Å². The van der Waals surface area contributed by atoms with Crippen molar-refractivity contribution in [3.63, 3.8) is 0 Å². The lowest BCUT2D eigenvalue weighted by atomic mass is 10.0. The molecule has 1 aromatic rings. The van der Waals surface area contributed by atoms with Crippen LogP contribution in [0.2, 0.25) is 0 Å². The molecule has 4 heteroatoms. The molecule has 0 bridgehead atoms. The van der Waals surface area contributed by atoms with Gasteiger partial charge < -0.3 is 15.7 Å². The van der Waals surface area contributed by atoms with Crippen LogP contribution in [0.25, 0.3) is 0 Å². The maximum atomic E-state index is 9.59. The molecule has 0 spiro atoms. The summed E-state index contributed by atoms with van der Waals surface area (Å²) in [6.07, 6.45) is 2.60. The number of hydrogen-bond acceptors (Lipinski definition) is 4. The molecular formula is C13H21N3O. The minimum absolute atomic E-state index is 0.0342.